The SMILES string of the molecule is CCCCCCCCCC(CCN)C(=O)NCC(=O)NC(CN)C(=O)C(C)C.CCO. The summed E-state index contributed by atoms with van der Waals surface area (Å²) in [5.41, 5.74) is 11.2. The molecule has 0 aliphatic heterocycles. The van der Waals surface area contributed by atoms with Crippen LogP contribution in [0.4, 0.5) is 0 Å². The molecule has 2 unspecified atom stereocenters. The summed E-state index contributed by atoms with van der Waals surface area (Å²) in [4.78, 5) is 36.4. The van der Waals surface area contributed by atoms with Gasteiger partial charge in [0.1, 0.15) is 0 Å². The molecular weight excluding hydrogens is 396 g/mol. The monoisotopic (exact) mass is 444 g/mol. The van der Waals surface area contributed by atoms with Gasteiger partial charge in [-0.25, -0.2) is 0 Å². The van der Waals surface area contributed by atoms with Crippen LogP contribution < -0.4 is 22.1 Å². The van der Waals surface area contributed by atoms with Crippen LogP contribution >= 0.6 is 0 Å². The standard InChI is InChI=1S/C21H42N4O3.C2H6O/c1-4-5-6-7-8-9-10-11-17(12-13-22)21(28)24-15-19(26)25-18(14-23)20(27)16(2)3;1-2-3/h16-18H,4-15,22-23H2,1-3H3,(H,24,28)(H,25,26);3H,2H2,1H3. The molecular formula is C23H48N4O4. The first-order valence-electron chi connectivity index (χ1n) is 11.9. The minimum absolute atomic E-state index is 0.0464. The highest BCUT2D eigenvalue weighted by Crippen LogP contribution is 2.15. The molecule has 0 rings (SSSR count). The molecule has 0 saturated carbocycles. The van der Waals surface area contributed by atoms with Gasteiger partial charge >= 0.3 is 0 Å². The highest BCUT2D eigenvalue weighted by atomic mass is 16.2. The topological polar surface area (TPSA) is 148 Å². The van der Waals surface area contributed by atoms with E-state index in [1.165, 1.54) is 32.1 Å². The molecule has 8 nitrogen and oxygen atoms in total. The molecule has 31 heavy (non-hydrogen) atoms. The summed E-state index contributed by atoms with van der Waals surface area (Å²) in [6, 6.07) is -0.711. The molecule has 0 aliphatic rings. The third kappa shape index (κ3) is 17.8. The molecule has 0 aromatic carbocycles. The molecule has 0 spiro atoms. The van der Waals surface area contributed by atoms with Gasteiger partial charge in [-0.15, -0.1) is 0 Å². The number of hydrogen-bond donors (Lipinski definition) is 5. The first kappa shape index (κ1) is 31.7. The largest absolute Gasteiger partial charge is 0.397 e. The van der Waals surface area contributed by atoms with E-state index in [2.05, 4.69) is 17.6 Å². The molecule has 2 amide bonds. The minimum atomic E-state index is -0.711. The number of ketones is 1. The Morgan fingerprint density at radius 3 is 1.94 bits per heavy atom. The number of rotatable bonds is 17. The van der Waals surface area contributed by atoms with Crippen LogP contribution in [0.5, 0.6) is 0 Å². The zero-order chi connectivity index (χ0) is 24.1. The van der Waals surface area contributed by atoms with Crippen molar-refractivity contribution in [2.24, 2.45) is 23.3 Å². The minimum Gasteiger partial charge on any atom is -0.397 e. The summed E-state index contributed by atoms with van der Waals surface area (Å²) in [6.45, 7) is 8.00. The quantitative estimate of drug-likeness (QED) is 0.216. The maximum absolute atomic E-state index is 12.4. The van der Waals surface area contributed by atoms with Gasteiger partial charge < -0.3 is 27.2 Å². The van der Waals surface area contributed by atoms with Crippen LogP contribution in [0.25, 0.3) is 0 Å². The number of aliphatic hydroxyl groups is 1. The van der Waals surface area contributed by atoms with Gasteiger partial charge in [-0.3, -0.25) is 14.4 Å². The molecule has 0 saturated heterocycles. The van der Waals surface area contributed by atoms with Crippen molar-refractivity contribution in [3.8, 4) is 0 Å². The lowest BCUT2D eigenvalue weighted by Crippen LogP contribution is -2.50. The number of hydrogen-bond acceptors (Lipinski definition) is 6. The first-order valence-corrected chi connectivity index (χ1v) is 11.9. The Kier molecular flexibility index (Phi) is 22.2. The van der Waals surface area contributed by atoms with Crippen LogP contribution in [-0.2, 0) is 14.4 Å². The van der Waals surface area contributed by atoms with Gasteiger partial charge in [0, 0.05) is 25.0 Å². The molecule has 0 fully saturated rings. The van der Waals surface area contributed by atoms with Crippen molar-refractivity contribution in [3.63, 3.8) is 0 Å². The zero-order valence-electron chi connectivity index (χ0n) is 20.3. The van der Waals surface area contributed by atoms with Crippen molar-refractivity contribution in [2.45, 2.75) is 91.5 Å². The molecule has 7 N–H and O–H groups in total. The summed E-state index contributed by atoms with van der Waals surface area (Å²) < 4.78 is 0. The van der Waals surface area contributed by atoms with Gasteiger partial charge in [-0.05, 0) is 26.3 Å². The van der Waals surface area contributed by atoms with Gasteiger partial charge in [0.25, 0.3) is 0 Å². The van der Waals surface area contributed by atoms with E-state index in [0.29, 0.717) is 13.0 Å². The first-order chi connectivity index (χ1) is 14.8. The van der Waals surface area contributed by atoms with Crippen molar-refractivity contribution in [1.29, 1.82) is 0 Å². The normalized spacial score (nSPS) is 12.5. The fraction of sp³-hybridized carbons (Fsp3) is 0.870. The average Bonchev–Trinajstić information content (AvgIpc) is 2.74. The Morgan fingerprint density at radius 1 is 0.903 bits per heavy atom. The number of nitrogens with two attached hydrogens (primary N) is 2. The smallest absolute Gasteiger partial charge is 0.240 e. The number of amides is 2. The molecule has 0 radical (unpaired) electrons. The Labute approximate surface area is 189 Å². The summed E-state index contributed by atoms with van der Waals surface area (Å²) in [5, 5.41) is 12.8. The molecule has 0 aromatic rings. The number of carbonyl (C=O) groups excluding carboxylic acids is 3. The van der Waals surface area contributed by atoms with Gasteiger partial charge in [0.15, 0.2) is 5.78 Å². The van der Waals surface area contributed by atoms with Crippen LogP contribution in [0, 0.1) is 11.8 Å². The third-order valence-corrected chi connectivity index (χ3v) is 4.95. The van der Waals surface area contributed by atoms with E-state index in [1.807, 2.05) is 0 Å². The predicted octanol–water partition coefficient (Wildman–Crippen LogP) is 1.88. The predicted molar refractivity (Wildman–Crippen MR) is 126 cm³/mol. The highest BCUT2D eigenvalue weighted by Gasteiger charge is 2.23. The van der Waals surface area contributed by atoms with Crippen LogP contribution in [0.2, 0.25) is 0 Å². The maximum Gasteiger partial charge on any atom is 0.240 e. The lowest BCUT2D eigenvalue weighted by molar-refractivity contribution is -0.131. The number of unbranched alkanes of at least 4 members (excludes halogenated alkanes) is 6. The van der Waals surface area contributed by atoms with Crippen LogP contribution in [0.3, 0.4) is 0 Å². The summed E-state index contributed by atoms with van der Waals surface area (Å²) in [7, 11) is 0. The van der Waals surface area contributed by atoms with Crippen molar-refractivity contribution in [1.82, 2.24) is 10.6 Å². The van der Waals surface area contributed by atoms with Crippen molar-refractivity contribution < 1.29 is 19.5 Å². The Bertz CT molecular complexity index is 472. The van der Waals surface area contributed by atoms with Crippen LogP contribution in [-0.4, -0.2) is 55.0 Å². The van der Waals surface area contributed by atoms with E-state index in [0.717, 1.165) is 19.3 Å². The second kappa shape index (κ2) is 21.7. The van der Waals surface area contributed by atoms with Gasteiger partial charge in [-0.1, -0.05) is 65.7 Å². The van der Waals surface area contributed by atoms with Gasteiger partial charge in [0.05, 0.1) is 12.6 Å². The van der Waals surface area contributed by atoms with E-state index in [9.17, 15) is 14.4 Å². The Morgan fingerprint density at radius 2 is 1.45 bits per heavy atom. The van der Waals surface area contributed by atoms with E-state index in [1.54, 1.807) is 20.8 Å². The number of Topliss-reactive ketones (excluding diaryl/α,β-unsaturated/α-hetero) is 1. The second-order valence-corrected chi connectivity index (χ2v) is 8.13. The highest BCUT2D eigenvalue weighted by molar-refractivity contribution is 5.92. The molecule has 0 aromatic heterocycles. The van der Waals surface area contributed by atoms with E-state index < -0.39 is 11.9 Å². The number of aliphatic hydroxyl groups excluding tert-OH is 1. The van der Waals surface area contributed by atoms with Crippen LogP contribution in [0.1, 0.15) is 85.5 Å². The van der Waals surface area contributed by atoms with E-state index in [4.69, 9.17) is 16.6 Å². The summed E-state index contributed by atoms with van der Waals surface area (Å²) in [5.74, 6) is -1.04. The van der Waals surface area contributed by atoms with Gasteiger partial charge in [-0.2, -0.15) is 0 Å². The summed E-state index contributed by atoms with van der Waals surface area (Å²) >= 11 is 0. The Balaban J connectivity index is 0. The number of carbonyl (C=O) groups is 3. The van der Waals surface area contributed by atoms with Crippen molar-refractivity contribution in [2.75, 3.05) is 26.2 Å². The fourth-order valence-electron chi connectivity index (χ4n) is 3.16. The fourth-order valence-corrected chi connectivity index (χ4v) is 3.16. The van der Waals surface area contributed by atoms with Crippen LogP contribution in [0.15, 0.2) is 0 Å². The molecule has 8 heteroatoms. The lowest BCUT2D eigenvalue weighted by atomic mass is 9.96. The zero-order valence-corrected chi connectivity index (χ0v) is 20.3. The average molecular weight is 445 g/mol. The third-order valence-electron chi connectivity index (χ3n) is 4.95. The van der Waals surface area contributed by atoms with Crippen molar-refractivity contribution >= 4 is 17.6 Å². The molecule has 184 valence electrons. The molecule has 2 atom stereocenters. The lowest BCUT2D eigenvalue weighted by Gasteiger charge is -2.19. The van der Waals surface area contributed by atoms with E-state index >= 15 is 0 Å². The Hall–Kier alpha value is -1.51. The molecule has 0 aliphatic carbocycles. The molecule has 0 heterocycles. The van der Waals surface area contributed by atoms with E-state index in [-0.39, 0.29) is 43.2 Å². The van der Waals surface area contributed by atoms with Gasteiger partial charge in [0.2, 0.25) is 11.8 Å². The van der Waals surface area contributed by atoms with Crippen molar-refractivity contribution in [3.05, 3.63) is 0 Å². The maximum atomic E-state index is 12.4. The summed E-state index contributed by atoms with van der Waals surface area (Å²) in [6.07, 6.45) is 9.77. The molecule has 0 bridgehead atoms. The second-order valence-electron chi connectivity index (χ2n) is 8.13. The number of nitrogens with one attached hydrogen (secondary N) is 2.